The highest BCUT2D eigenvalue weighted by Crippen LogP contribution is 2.26. The largest absolute Gasteiger partial charge is 0.354 e. The van der Waals surface area contributed by atoms with Gasteiger partial charge in [0.2, 0.25) is 11.8 Å². The number of carbonyl (C=O) groups is 2. The van der Waals surface area contributed by atoms with Gasteiger partial charge in [-0.25, -0.2) is 8.42 Å². The normalized spacial score (nSPS) is 12.2. The molecule has 3 aromatic carbocycles. The molecule has 0 aliphatic rings. The maximum absolute atomic E-state index is 14.1. The molecule has 0 bridgehead atoms. The summed E-state index contributed by atoms with van der Waals surface area (Å²) in [5, 5.41) is 2.95. The third-order valence-electron chi connectivity index (χ3n) is 6.72. The molecule has 3 aromatic rings. The van der Waals surface area contributed by atoms with Crippen LogP contribution in [0.3, 0.4) is 0 Å². The molecule has 1 unspecified atom stereocenters. The van der Waals surface area contributed by atoms with Crippen LogP contribution in [0.4, 0.5) is 5.69 Å². The summed E-state index contributed by atoms with van der Waals surface area (Å²) in [5.41, 5.74) is 4.13. The van der Waals surface area contributed by atoms with E-state index in [4.69, 9.17) is 0 Å². The maximum atomic E-state index is 14.1. The Labute approximate surface area is 239 Å². The van der Waals surface area contributed by atoms with E-state index in [2.05, 4.69) is 5.32 Å². The smallest absolute Gasteiger partial charge is 0.264 e. The van der Waals surface area contributed by atoms with Gasteiger partial charge in [0.05, 0.1) is 10.6 Å². The zero-order chi connectivity index (χ0) is 29.4. The molecule has 0 aliphatic carbocycles. The van der Waals surface area contributed by atoms with E-state index >= 15 is 0 Å². The summed E-state index contributed by atoms with van der Waals surface area (Å²) in [5.74, 6) is -0.455. The number of carbonyl (C=O) groups excluding carboxylic acids is 2. The number of nitrogens with one attached hydrogen (secondary N) is 1. The van der Waals surface area contributed by atoms with E-state index in [0.717, 1.165) is 26.6 Å². The molecule has 3 rings (SSSR count). The number of amides is 2. The minimum absolute atomic E-state index is 0.0965. The van der Waals surface area contributed by atoms with E-state index in [1.54, 1.807) is 42.5 Å². The molecular formula is C32H41N3O4S. The summed E-state index contributed by atoms with van der Waals surface area (Å²) < 4.78 is 29.0. The highest BCUT2D eigenvalue weighted by Gasteiger charge is 2.33. The van der Waals surface area contributed by atoms with Crippen molar-refractivity contribution >= 4 is 27.5 Å². The number of nitrogens with zero attached hydrogens (tertiary/aromatic N) is 2. The molecule has 0 saturated heterocycles. The highest BCUT2D eigenvalue weighted by molar-refractivity contribution is 7.92. The van der Waals surface area contributed by atoms with Gasteiger partial charge in [0, 0.05) is 13.1 Å². The molecule has 40 heavy (non-hydrogen) atoms. The molecule has 7 nitrogen and oxygen atoms in total. The van der Waals surface area contributed by atoms with Crippen molar-refractivity contribution in [3.63, 3.8) is 0 Å². The lowest BCUT2D eigenvalue weighted by Crippen LogP contribution is -2.52. The van der Waals surface area contributed by atoms with Crippen LogP contribution in [0, 0.1) is 26.7 Å². The number of benzene rings is 3. The number of hydrogen-bond donors (Lipinski definition) is 1. The molecule has 0 fully saturated rings. The third kappa shape index (κ3) is 7.94. The van der Waals surface area contributed by atoms with Gasteiger partial charge < -0.3 is 10.2 Å². The zero-order valence-electron chi connectivity index (χ0n) is 24.3. The fourth-order valence-corrected chi connectivity index (χ4v) is 5.79. The van der Waals surface area contributed by atoms with Crippen LogP contribution in [0.25, 0.3) is 0 Å². The second-order valence-electron chi connectivity index (χ2n) is 10.7. The standard InChI is InChI=1S/C32H41N3O4S/c1-7-30(32(37)33-20-23(2)3)34(21-27-15-11-24(4)12-16-27)31(36)22-35(28-10-8-9-26(6)19-28)40(38,39)29-17-13-25(5)14-18-29/h8-19,23,30H,7,20-22H2,1-6H3,(H,33,37). The first-order chi connectivity index (χ1) is 18.9. The molecule has 0 aromatic heterocycles. The predicted octanol–water partition coefficient (Wildman–Crippen LogP) is 5.39. The van der Waals surface area contributed by atoms with E-state index in [0.29, 0.717) is 18.7 Å². The van der Waals surface area contributed by atoms with Crippen LogP contribution in [-0.2, 0) is 26.2 Å². The molecule has 1 N–H and O–H groups in total. The molecule has 8 heteroatoms. The minimum Gasteiger partial charge on any atom is -0.354 e. The first-order valence-corrected chi connectivity index (χ1v) is 15.1. The van der Waals surface area contributed by atoms with Crippen molar-refractivity contribution in [2.24, 2.45) is 5.92 Å². The molecule has 0 spiro atoms. The SMILES string of the molecule is CCC(C(=O)NCC(C)C)N(Cc1ccc(C)cc1)C(=O)CN(c1cccc(C)c1)S(=O)(=O)c1ccc(C)cc1. The summed E-state index contributed by atoms with van der Waals surface area (Å²) in [6.07, 6.45) is 0.386. The van der Waals surface area contributed by atoms with Gasteiger partial charge in [-0.2, -0.15) is 0 Å². The topological polar surface area (TPSA) is 86.8 Å². The Balaban J connectivity index is 2.04. The first kappa shape index (κ1) is 30.9. The second kappa shape index (κ2) is 13.6. The van der Waals surface area contributed by atoms with Gasteiger partial charge in [-0.1, -0.05) is 80.4 Å². The molecule has 214 valence electrons. The van der Waals surface area contributed by atoms with E-state index in [-0.39, 0.29) is 23.3 Å². The summed E-state index contributed by atoms with van der Waals surface area (Å²) in [7, 11) is -4.08. The average molecular weight is 564 g/mol. The number of rotatable bonds is 12. The average Bonchev–Trinajstić information content (AvgIpc) is 2.91. The molecule has 0 saturated carbocycles. The summed E-state index contributed by atoms with van der Waals surface area (Å²) in [6.45, 7) is 11.8. The van der Waals surface area contributed by atoms with Crippen molar-refractivity contribution < 1.29 is 18.0 Å². The van der Waals surface area contributed by atoms with Crippen molar-refractivity contribution in [1.29, 1.82) is 0 Å². The number of aryl methyl sites for hydroxylation is 3. The summed E-state index contributed by atoms with van der Waals surface area (Å²) >= 11 is 0. The summed E-state index contributed by atoms with van der Waals surface area (Å²) in [4.78, 5) is 29.0. The predicted molar refractivity (Wildman–Crippen MR) is 161 cm³/mol. The van der Waals surface area contributed by atoms with Crippen molar-refractivity contribution in [3.8, 4) is 0 Å². The summed E-state index contributed by atoms with van der Waals surface area (Å²) in [6, 6.07) is 20.7. The van der Waals surface area contributed by atoms with Crippen molar-refractivity contribution in [3.05, 3.63) is 95.1 Å². The van der Waals surface area contributed by atoms with Gasteiger partial charge >= 0.3 is 0 Å². The van der Waals surface area contributed by atoms with Crippen LogP contribution in [0.5, 0.6) is 0 Å². The number of anilines is 1. The van der Waals surface area contributed by atoms with Crippen molar-refractivity contribution in [2.45, 2.75) is 65.4 Å². The van der Waals surface area contributed by atoms with Crippen LogP contribution >= 0.6 is 0 Å². The van der Waals surface area contributed by atoms with Crippen LogP contribution in [0.2, 0.25) is 0 Å². The Morgan fingerprint density at radius 2 is 1.45 bits per heavy atom. The lowest BCUT2D eigenvalue weighted by molar-refractivity contribution is -0.140. The number of sulfonamides is 1. The zero-order valence-corrected chi connectivity index (χ0v) is 25.2. The quantitative estimate of drug-likeness (QED) is 0.320. The molecule has 2 amide bonds. The Bertz CT molecular complexity index is 1400. The minimum atomic E-state index is -4.08. The molecule has 0 heterocycles. The van der Waals surface area contributed by atoms with E-state index < -0.39 is 28.5 Å². The van der Waals surface area contributed by atoms with E-state index in [9.17, 15) is 18.0 Å². The highest BCUT2D eigenvalue weighted by atomic mass is 32.2. The van der Waals surface area contributed by atoms with Gasteiger partial charge in [-0.3, -0.25) is 13.9 Å². The lowest BCUT2D eigenvalue weighted by Gasteiger charge is -2.33. The van der Waals surface area contributed by atoms with Crippen molar-refractivity contribution in [1.82, 2.24) is 10.2 Å². The van der Waals surface area contributed by atoms with Crippen molar-refractivity contribution in [2.75, 3.05) is 17.4 Å². The van der Waals surface area contributed by atoms with E-state index in [1.807, 2.05) is 71.9 Å². The second-order valence-corrected chi connectivity index (χ2v) is 12.6. The fraction of sp³-hybridized carbons (Fsp3) is 0.375. The maximum Gasteiger partial charge on any atom is 0.264 e. The Hall–Kier alpha value is -3.65. The number of hydrogen-bond acceptors (Lipinski definition) is 4. The van der Waals surface area contributed by atoms with Crippen LogP contribution < -0.4 is 9.62 Å². The molecule has 0 aliphatic heterocycles. The van der Waals surface area contributed by atoms with E-state index in [1.165, 1.54) is 4.90 Å². The van der Waals surface area contributed by atoms with Gasteiger partial charge in [0.25, 0.3) is 10.0 Å². The lowest BCUT2D eigenvalue weighted by atomic mass is 10.1. The monoisotopic (exact) mass is 563 g/mol. The van der Waals surface area contributed by atoms with Crippen LogP contribution in [0.1, 0.15) is 49.4 Å². The van der Waals surface area contributed by atoms with Crippen LogP contribution in [-0.4, -0.2) is 44.3 Å². The van der Waals surface area contributed by atoms with Gasteiger partial charge in [0.1, 0.15) is 12.6 Å². The fourth-order valence-electron chi connectivity index (χ4n) is 4.38. The molecular weight excluding hydrogens is 522 g/mol. The Morgan fingerprint density at radius 1 is 0.850 bits per heavy atom. The van der Waals surface area contributed by atoms with Gasteiger partial charge in [-0.05, 0) is 68.5 Å². The first-order valence-electron chi connectivity index (χ1n) is 13.7. The Morgan fingerprint density at radius 3 is 2.00 bits per heavy atom. The van der Waals surface area contributed by atoms with Crippen LogP contribution in [0.15, 0.2) is 77.7 Å². The third-order valence-corrected chi connectivity index (χ3v) is 8.51. The van der Waals surface area contributed by atoms with Gasteiger partial charge in [-0.15, -0.1) is 0 Å². The van der Waals surface area contributed by atoms with Gasteiger partial charge in [0.15, 0.2) is 0 Å². The molecule has 0 radical (unpaired) electrons. The Kier molecular flexibility index (Phi) is 10.5. The molecule has 1 atom stereocenters.